The number of ether oxygens (including phenoxy) is 3. The summed E-state index contributed by atoms with van der Waals surface area (Å²) in [6, 6.07) is 0. The zero-order valence-electron chi connectivity index (χ0n) is 72.0. The van der Waals surface area contributed by atoms with Crippen LogP contribution in [-0.2, 0) is 55.8 Å². The minimum atomic E-state index is -4.94. The molecular weight excluding hydrogens is 1460 g/mol. The van der Waals surface area contributed by atoms with Crippen molar-refractivity contribution in [3.8, 4) is 0 Å². The third kappa shape index (κ3) is 88.6. The van der Waals surface area contributed by atoms with Crippen molar-refractivity contribution in [2.75, 3.05) is 39.6 Å². The molecule has 654 valence electrons. The van der Waals surface area contributed by atoms with Crippen LogP contribution in [0.2, 0.25) is 0 Å². The van der Waals surface area contributed by atoms with E-state index in [4.69, 9.17) is 32.3 Å². The highest BCUT2D eigenvalue weighted by Gasteiger charge is 2.29. The smallest absolute Gasteiger partial charge is 0.463 e. The Labute approximate surface area is 691 Å². The van der Waals surface area contributed by atoms with Crippen LogP contribution in [0.25, 0.3) is 0 Å². The molecule has 5 unspecified atom stereocenters. The molecule has 0 aromatic rings. The first-order valence-electron chi connectivity index (χ1n) is 45.8. The van der Waals surface area contributed by atoms with Gasteiger partial charge in [0.1, 0.15) is 25.4 Å². The summed E-state index contributed by atoms with van der Waals surface area (Å²) in [5, 5.41) is 20.7. The molecule has 16 nitrogen and oxygen atoms in total. The molecule has 0 aliphatic rings. The number of phosphoric ester groups is 2. The number of carbonyl (C=O) groups is 3. The van der Waals surface area contributed by atoms with Crippen LogP contribution >= 0.6 is 15.6 Å². The van der Waals surface area contributed by atoms with Crippen molar-refractivity contribution in [3.05, 3.63) is 122 Å². The van der Waals surface area contributed by atoms with Gasteiger partial charge in [-0.05, 0) is 135 Å². The molecule has 0 rings (SSSR count). The number of carbonyl (C=O) groups excluding carboxylic acids is 3. The summed E-state index contributed by atoms with van der Waals surface area (Å²) in [6.07, 6.45) is 107. The highest BCUT2D eigenvalue weighted by atomic mass is 31.2. The summed E-state index contributed by atoms with van der Waals surface area (Å²) in [7, 11) is -9.80. The molecule has 0 aromatic carbocycles. The zero-order chi connectivity index (χ0) is 82.2. The highest BCUT2D eigenvalue weighted by molar-refractivity contribution is 7.47. The Hall–Kier alpha value is -4.05. The Bertz CT molecular complexity index is 2540. The third-order valence-electron chi connectivity index (χ3n) is 19.6. The Morgan fingerprint density at radius 1 is 0.248 bits per heavy atom. The molecule has 0 spiro atoms. The summed E-state index contributed by atoms with van der Waals surface area (Å²) in [5.74, 6) is -1.58. The molecular formula is C95H168O16P2. The van der Waals surface area contributed by atoms with Gasteiger partial charge in [-0.3, -0.25) is 32.5 Å². The first-order valence-corrected chi connectivity index (χ1v) is 48.8. The molecule has 0 aromatic heterocycles. The third-order valence-corrected chi connectivity index (χ3v) is 21.5. The fourth-order valence-corrected chi connectivity index (χ4v) is 14.2. The Kier molecular flexibility index (Phi) is 84.1. The van der Waals surface area contributed by atoms with Gasteiger partial charge in [-0.1, -0.05) is 373 Å². The number of aliphatic hydroxyl groups excluding tert-OH is 2. The van der Waals surface area contributed by atoms with Crippen molar-refractivity contribution in [1.82, 2.24) is 0 Å². The minimum absolute atomic E-state index is 0.0882. The van der Waals surface area contributed by atoms with Gasteiger partial charge in [-0.25, -0.2) is 9.13 Å². The van der Waals surface area contributed by atoms with E-state index in [-0.39, 0.29) is 19.3 Å². The lowest BCUT2D eigenvalue weighted by Gasteiger charge is -2.21. The lowest BCUT2D eigenvalue weighted by Crippen LogP contribution is -2.30. The van der Waals surface area contributed by atoms with E-state index in [0.717, 1.165) is 135 Å². The molecule has 4 N–H and O–H groups in total. The quantitative estimate of drug-likeness (QED) is 0.0146. The van der Waals surface area contributed by atoms with Crippen molar-refractivity contribution in [2.45, 2.75) is 424 Å². The maximum Gasteiger partial charge on any atom is 0.472 e. The van der Waals surface area contributed by atoms with Crippen LogP contribution < -0.4 is 0 Å². The van der Waals surface area contributed by atoms with Crippen molar-refractivity contribution in [3.63, 3.8) is 0 Å². The second-order valence-corrected chi connectivity index (χ2v) is 33.7. The fraction of sp³-hybridized carbons (Fsp3) is 0.758. The molecule has 18 heteroatoms. The SMILES string of the molecule is CCC/C=C\C/C=C\CCCCCCCC(=O)OC(COC(=O)CCCCCCCCCCCCCCC/C=C\C/C=C\C/C=C\C/C=C\CCCCC)COP(=O)(O)OCC(O)COP(=O)(O)OCC(O)COC(=O)CCCCCCCCCCCCCCCCCCCCC/C=C\C/C=C\C/C=C\C/C=C\CCCCC. The fourth-order valence-electron chi connectivity index (χ4n) is 12.6. The van der Waals surface area contributed by atoms with Gasteiger partial charge in [0.25, 0.3) is 0 Å². The monoisotopic (exact) mass is 1630 g/mol. The van der Waals surface area contributed by atoms with Crippen LogP contribution in [0.5, 0.6) is 0 Å². The van der Waals surface area contributed by atoms with Gasteiger partial charge >= 0.3 is 33.6 Å². The standard InChI is InChI=1S/C95H168O16P2/c1-4-7-10-13-16-19-22-25-27-29-31-33-35-37-39-41-42-43-44-45-46-48-50-51-53-55-57-59-61-64-66-69-72-75-78-81-93(98)105-84-90(96)85-107-112(101,102)108-86-91(97)87-109-113(103,104)110-89-92(111-95(100)83-80-77-74-71-68-63-24-21-18-15-12-9-6-3)88-106-94(99)82-79-76-73-70-67-65-62-60-58-56-54-52-49-47-40-38-36-34-32-30-28-26-23-20-17-14-11-8-5-2/h12,15-17,19-21,24-28,31-34,37-40,90-92,96-97H,4-11,13-14,18,22-23,29-30,35-36,41-89H2,1-3H3,(H,101,102)(H,103,104)/b15-12-,19-16-,20-17-,24-21-,27-25-,28-26-,33-31-,34-32-,39-37-,40-38-. The molecule has 0 amide bonds. The Morgan fingerprint density at radius 3 is 0.735 bits per heavy atom. The number of aliphatic hydroxyl groups is 2. The van der Waals surface area contributed by atoms with Crippen LogP contribution in [0.4, 0.5) is 0 Å². The van der Waals surface area contributed by atoms with Crippen LogP contribution in [0.1, 0.15) is 406 Å². The molecule has 0 bridgehead atoms. The predicted octanol–water partition coefficient (Wildman–Crippen LogP) is 28.0. The van der Waals surface area contributed by atoms with Crippen molar-refractivity contribution >= 4 is 33.6 Å². The molecule has 0 radical (unpaired) electrons. The normalized spacial score (nSPS) is 14.4. The maximum absolute atomic E-state index is 13.0. The van der Waals surface area contributed by atoms with E-state index in [1.807, 2.05) is 0 Å². The molecule has 113 heavy (non-hydrogen) atoms. The largest absolute Gasteiger partial charge is 0.472 e. The summed E-state index contributed by atoms with van der Waals surface area (Å²) in [6.45, 7) is 2.60. The minimum Gasteiger partial charge on any atom is -0.463 e. The number of allylic oxidation sites excluding steroid dienone is 20. The number of phosphoric acid groups is 2. The van der Waals surface area contributed by atoms with Gasteiger partial charge < -0.3 is 34.2 Å². The second kappa shape index (κ2) is 87.3. The van der Waals surface area contributed by atoms with Gasteiger partial charge in [0, 0.05) is 19.3 Å². The molecule has 5 atom stereocenters. The van der Waals surface area contributed by atoms with E-state index in [2.05, 4.69) is 142 Å². The van der Waals surface area contributed by atoms with E-state index >= 15 is 0 Å². The van der Waals surface area contributed by atoms with Crippen LogP contribution in [0.3, 0.4) is 0 Å². The second-order valence-electron chi connectivity index (χ2n) is 30.7. The maximum atomic E-state index is 13.0. The molecule has 0 saturated heterocycles. The molecule has 0 heterocycles. The van der Waals surface area contributed by atoms with E-state index in [0.29, 0.717) is 19.3 Å². The average molecular weight is 1630 g/mol. The Morgan fingerprint density at radius 2 is 0.460 bits per heavy atom. The molecule has 0 aliphatic heterocycles. The van der Waals surface area contributed by atoms with E-state index in [1.165, 1.54) is 212 Å². The van der Waals surface area contributed by atoms with Gasteiger partial charge in [-0.15, -0.1) is 0 Å². The predicted molar refractivity (Wildman–Crippen MR) is 473 cm³/mol. The zero-order valence-corrected chi connectivity index (χ0v) is 73.8. The number of unbranched alkanes of at least 4 members (excludes halogenated alkanes) is 44. The summed E-state index contributed by atoms with van der Waals surface area (Å²) < 4.78 is 61.3. The van der Waals surface area contributed by atoms with Crippen molar-refractivity contribution in [1.29, 1.82) is 0 Å². The number of rotatable bonds is 87. The van der Waals surface area contributed by atoms with Crippen molar-refractivity contribution < 1.29 is 75.8 Å². The van der Waals surface area contributed by atoms with Crippen molar-refractivity contribution in [2.24, 2.45) is 0 Å². The first kappa shape index (κ1) is 109. The number of esters is 3. The first-order chi connectivity index (χ1) is 55.2. The average Bonchev–Trinajstić information content (AvgIpc) is 0.904. The van der Waals surface area contributed by atoms with Crippen LogP contribution in [0.15, 0.2) is 122 Å². The van der Waals surface area contributed by atoms with Crippen LogP contribution in [0, 0.1) is 0 Å². The number of hydrogen-bond acceptors (Lipinski definition) is 14. The van der Waals surface area contributed by atoms with Crippen LogP contribution in [-0.4, -0.2) is 95.9 Å². The highest BCUT2D eigenvalue weighted by Crippen LogP contribution is 2.45. The summed E-state index contributed by atoms with van der Waals surface area (Å²) in [5.41, 5.74) is 0. The van der Waals surface area contributed by atoms with Gasteiger partial charge in [0.15, 0.2) is 6.10 Å². The van der Waals surface area contributed by atoms with E-state index < -0.39 is 91.5 Å². The lowest BCUT2D eigenvalue weighted by atomic mass is 10.0. The molecule has 0 fully saturated rings. The van der Waals surface area contributed by atoms with Gasteiger partial charge in [0.05, 0.1) is 26.4 Å². The molecule has 0 saturated carbocycles. The summed E-state index contributed by atoms with van der Waals surface area (Å²) >= 11 is 0. The van der Waals surface area contributed by atoms with Gasteiger partial charge in [0.2, 0.25) is 0 Å². The van der Waals surface area contributed by atoms with E-state index in [9.17, 15) is 43.5 Å². The Balaban J connectivity index is 4.37. The molecule has 0 aliphatic carbocycles. The topological polar surface area (TPSA) is 231 Å². The van der Waals surface area contributed by atoms with Gasteiger partial charge in [-0.2, -0.15) is 0 Å². The summed E-state index contributed by atoms with van der Waals surface area (Å²) in [4.78, 5) is 58.8. The lowest BCUT2D eigenvalue weighted by molar-refractivity contribution is -0.161. The number of hydrogen-bond donors (Lipinski definition) is 4. The van der Waals surface area contributed by atoms with E-state index in [1.54, 1.807) is 0 Å².